The van der Waals surface area contributed by atoms with Crippen molar-refractivity contribution >= 4 is 11.6 Å². The third-order valence-electron chi connectivity index (χ3n) is 7.08. The molecule has 2 saturated heterocycles. The predicted molar refractivity (Wildman–Crippen MR) is 117 cm³/mol. The van der Waals surface area contributed by atoms with Crippen LogP contribution in [-0.2, 0) is 12.6 Å². The molecule has 0 N–H and O–H groups in total. The highest BCUT2D eigenvalue weighted by atomic mass is 35.5. The van der Waals surface area contributed by atoms with E-state index in [1.807, 2.05) is 0 Å². The van der Waals surface area contributed by atoms with Crippen molar-refractivity contribution in [1.29, 1.82) is 0 Å². The maximum atomic E-state index is 13.2. The zero-order valence-electron chi connectivity index (χ0n) is 18.8. The molecule has 0 amide bonds. The fourth-order valence-corrected chi connectivity index (χ4v) is 5.17. The summed E-state index contributed by atoms with van der Waals surface area (Å²) in [6.07, 6.45) is -0.837. The first-order valence-electron chi connectivity index (χ1n) is 10.8. The lowest BCUT2D eigenvalue weighted by molar-refractivity contribution is -0.137. The maximum Gasteiger partial charge on any atom is 0.416 e. The fraction of sp³-hybridized carbons (Fsp3) is 0.739. The van der Waals surface area contributed by atoms with Gasteiger partial charge in [-0.2, -0.15) is 13.2 Å². The van der Waals surface area contributed by atoms with Crippen molar-refractivity contribution in [3.63, 3.8) is 0 Å². The van der Waals surface area contributed by atoms with Gasteiger partial charge in [-0.25, -0.2) is 0 Å². The predicted octanol–water partition coefficient (Wildman–Crippen LogP) is 5.17. The summed E-state index contributed by atoms with van der Waals surface area (Å²) >= 11 is 6.31. The Hall–Kier alpha value is -0.820. The van der Waals surface area contributed by atoms with Crippen LogP contribution in [0.25, 0.3) is 0 Å². The smallest absolute Gasteiger partial charge is 0.303 e. The lowest BCUT2D eigenvalue weighted by Gasteiger charge is -2.56. The number of likely N-dealkylation sites (N-methyl/N-ethyl adjacent to an activating group) is 2. The van der Waals surface area contributed by atoms with E-state index in [0.29, 0.717) is 23.0 Å². The lowest BCUT2D eigenvalue weighted by Crippen LogP contribution is -2.68. The van der Waals surface area contributed by atoms with Crippen LogP contribution in [0.3, 0.4) is 0 Å². The van der Waals surface area contributed by atoms with E-state index < -0.39 is 11.7 Å². The molecule has 0 spiro atoms. The van der Waals surface area contributed by atoms with Crippen molar-refractivity contribution in [3.05, 3.63) is 34.3 Å². The average Bonchev–Trinajstić information content (AvgIpc) is 2.63. The van der Waals surface area contributed by atoms with Gasteiger partial charge >= 0.3 is 6.18 Å². The van der Waals surface area contributed by atoms with Crippen LogP contribution in [0.5, 0.6) is 0 Å². The quantitative estimate of drug-likeness (QED) is 0.619. The van der Waals surface area contributed by atoms with E-state index >= 15 is 0 Å². The molecule has 0 aromatic heterocycles. The second-order valence-corrected chi connectivity index (χ2v) is 10.6. The first-order chi connectivity index (χ1) is 13.8. The topological polar surface area (TPSA) is 9.72 Å². The monoisotopic (exact) mass is 445 g/mol. The van der Waals surface area contributed by atoms with Crippen molar-refractivity contribution in [3.8, 4) is 0 Å². The molecule has 2 fully saturated rings. The lowest BCUT2D eigenvalue weighted by atomic mass is 9.79. The summed E-state index contributed by atoms with van der Waals surface area (Å²) in [7, 11) is 4.33. The van der Waals surface area contributed by atoms with Crippen LogP contribution in [0.15, 0.2) is 18.2 Å². The summed E-state index contributed by atoms with van der Waals surface area (Å²) in [5.41, 5.74) is -0.0195. The number of hydrogen-bond donors (Lipinski definition) is 0. The van der Waals surface area contributed by atoms with Gasteiger partial charge in [0, 0.05) is 41.8 Å². The van der Waals surface area contributed by atoms with E-state index in [9.17, 15) is 13.2 Å². The molecule has 30 heavy (non-hydrogen) atoms. The first-order valence-corrected chi connectivity index (χ1v) is 11.2. The van der Waals surface area contributed by atoms with E-state index in [0.717, 1.165) is 51.5 Å². The van der Waals surface area contributed by atoms with E-state index in [-0.39, 0.29) is 11.1 Å². The minimum atomic E-state index is -4.35. The van der Waals surface area contributed by atoms with Gasteiger partial charge in [0.15, 0.2) is 0 Å². The van der Waals surface area contributed by atoms with Gasteiger partial charge in [0.25, 0.3) is 0 Å². The molecular weight excluding hydrogens is 411 g/mol. The Bertz CT molecular complexity index is 740. The minimum absolute atomic E-state index is 0.0605. The van der Waals surface area contributed by atoms with E-state index in [4.69, 9.17) is 11.6 Å². The van der Waals surface area contributed by atoms with Crippen LogP contribution in [0.4, 0.5) is 13.2 Å². The second-order valence-electron chi connectivity index (χ2n) is 10.2. The number of halogens is 4. The Kier molecular flexibility index (Phi) is 6.84. The maximum absolute atomic E-state index is 13.2. The van der Waals surface area contributed by atoms with Crippen molar-refractivity contribution in [2.75, 3.05) is 40.3 Å². The zero-order valence-corrected chi connectivity index (χ0v) is 19.6. The third-order valence-corrected chi connectivity index (χ3v) is 7.45. The summed E-state index contributed by atoms with van der Waals surface area (Å²) in [6, 6.07) is 4.18. The van der Waals surface area contributed by atoms with Gasteiger partial charge < -0.3 is 4.90 Å². The average molecular weight is 446 g/mol. The molecule has 2 aliphatic rings. The molecule has 1 aromatic rings. The molecule has 0 saturated carbocycles. The van der Waals surface area contributed by atoms with Crippen LogP contribution in [-0.4, -0.2) is 72.1 Å². The Morgan fingerprint density at radius 3 is 2.43 bits per heavy atom. The standard InChI is InChI=1S/C23H35ClF3N3/c1-21(2,3)30-12-6-10-22(16-30,29(5)19-14-28(4)15-19)11-9-17-13-18(23(25,26)27)7-8-20(17)24/h7-8,13,19H,6,9-12,14-16H2,1-5H3/t22-/m0/s1. The summed E-state index contributed by atoms with van der Waals surface area (Å²) in [4.78, 5) is 7.36. The van der Waals surface area contributed by atoms with Crippen LogP contribution in [0.1, 0.15) is 51.2 Å². The van der Waals surface area contributed by atoms with Gasteiger partial charge in [0.2, 0.25) is 0 Å². The Labute approximate surface area is 184 Å². The summed E-state index contributed by atoms with van der Waals surface area (Å²) in [5, 5.41) is 0.424. The van der Waals surface area contributed by atoms with E-state index in [2.05, 4.69) is 49.6 Å². The summed E-state index contributed by atoms with van der Waals surface area (Å²) in [6.45, 7) is 10.8. The SMILES string of the molecule is CN1CC(N(C)[C@]2(CCc3cc(C(F)(F)F)ccc3Cl)CCCN(C(C)(C)C)C2)C1. The van der Waals surface area contributed by atoms with Crippen molar-refractivity contribution in [2.45, 2.75) is 69.8 Å². The molecule has 3 nitrogen and oxygen atoms in total. The van der Waals surface area contributed by atoms with Crippen LogP contribution < -0.4 is 0 Å². The van der Waals surface area contributed by atoms with E-state index in [1.54, 1.807) is 0 Å². The molecule has 0 bridgehead atoms. The Balaban J connectivity index is 1.85. The highest BCUT2D eigenvalue weighted by Crippen LogP contribution is 2.38. The van der Waals surface area contributed by atoms with Gasteiger partial charge in [0.05, 0.1) is 5.56 Å². The van der Waals surface area contributed by atoms with Gasteiger partial charge in [-0.15, -0.1) is 0 Å². The molecule has 0 radical (unpaired) electrons. The highest BCUT2D eigenvalue weighted by molar-refractivity contribution is 6.31. The number of alkyl halides is 3. The molecule has 3 rings (SSSR count). The number of benzene rings is 1. The van der Waals surface area contributed by atoms with Crippen molar-refractivity contribution in [2.24, 2.45) is 0 Å². The number of hydrogen-bond acceptors (Lipinski definition) is 3. The molecule has 1 aromatic carbocycles. The van der Waals surface area contributed by atoms with Gasteiger partial charge in [-0.3, -0.25) is 9.80 Å². The fourth-order valence-electron chi connectivity index (χ4n) is 4.96. The molecule has 1 atom stereocenters. The van der Waals surface area contributed by atoms with Gasteiger partial charge in [0.1, 0.15) is 0 Å². The van der Waals surface area contributed by atoms with Gasteiger partial charge in [-0.05, 0) is 90.9 Å². The number of rotatable bonds is 5. The summed E-state index contributed by atoms with van der Waals surface area (Å²) in [5.74, 6) is 0. The normalized spacial score (nSPS) is 25.0. The highest BCUT2D eigenvalue weighted by Gasteiger charge is 2.45. The zero-order chi connectivity index (χ0) is 22.3. The summed E-state index contributed by atoms with van der Waals surface area (Å²) < 4.78 is 39.6. The van der Waals surface area contributed by atoms with Crippen LogP contribution in [0.2, 0.25) is 5.02 Å². The number of piperidine rings is 1. The van der Waals surface area contributed by atoms with Crippen LogP contribution in [0, 0.1) is 0 Å². The Morgan fingerprint density at radius 2 is 1.87 bits per heavy atom. The minimum Gasteiger partial charge on any atom is -0.303 e. The van der Waals surface area contributed by atoms with Crippen molar-refractivity contribution in [1.82, 2.24) is 14.7 Å². The molecule has 170 valence electrons. The van der Waals surface area contributed by atoms with Gasteiger partial charge in [-0.1, -0.05) is 11.6 Å². The molecule has 2 aliphatic heterocycles. The van der Waals surface area contributed by atoms with E-state index in [1.165, 1.54) is 12.1 Å². The van der Waals surface area contributed by atoms with Crippen LogP contribution >= 0.6 is 11.6 Å². The molecule has 0 aliphatic carbocycles. The third kappa shape index (κ3) is 5.14. The molecule has 2 heterocycles. The second kappa shape index (κ2) is 8.61. The number of likely N-dealkylation sites (tertiary alicyclic amines) is 2. The number of aryl methyl sites for hydroxylation is 1. The molecule has 0 unspecified atom stereocenters. The molecular formula is C23H35ClF3N3. The first kappa shape index (κ1) is 23.8. The van der Waals surface area contributed by atoms with Crippen molar-refractivity contribution < 1.29 is 13.2 Å². The largest absolute Gasteiger partial charge is 0.416 e. The molecule has 7 heteroatoms. The number of nitrogens with zero attached hydrogens (tertiary/aromatic N) is 3. The Morgan fingerprint density at radius 1 is 1.20 bits per heavy atom.